The van der Waals surface area contributed by atoms with Crippen molar-refractivity contribution in [1.29, 1.82) is 5.26 Å². The molecule has 7 nitrogen and oxygen atoms in total. The number of hydrogen-bond acceptors (Lipinski definition) is 7. The van der Waals surface area contributed by atoms with Gasteiger partial charge in [0.05, 0.1) is 57.9 Å². The Morgan fingerprint density at radius 3 is 2.86 bits per heavy atom. The molecule has 1 atom stereocenters. The van der Waals surface area contributed by atoms with Gasteiger partial charge in [0.25, 0.3) is 0 Å². The van der Waals surface area contributed by atoms with Gasteiger partial charge in [0.1, 0.15) is 5.52 Å². The first kappa shape index (κ1) is 21.7. The van der Waals surface area contributed by atoms with Crippen molar-refractivity contribution in [2.45, 2.75) is 12.8 Å². The number of rotatable bonds is 5. The van der Waals surface area contributed by atoms with Gasteiger partial charge in [-0.05, 0) is 50.7 Å². The number of hydrogen-bond donors (Lipinski definition) is 0. The minimum Gasteiger partial charge on any atom is -0.476 e. The van der Waals surface area contributed by atoms with Crippen LogP contribution in [0.3, 0.4) is 0 Å². The summed E-state index contributed by atoms with van der Waals surface area (Å²) in [6.07, 6.45) is 5.97. The zero-order chi connectivity index (χ0) is 23.8. The molecule has 1 aliphatic rings. The molecule has 2 aromatic carbocycles. The average molecular weight is 481 g/mol. The second kappa shape index (κ2) is 9.10. The van der Waals surface area contributed by atoms with E-state index in [4.69, 9.17) is 9.72 Å². The second-order valence-corrected chi connectivity index (χ2v) is 9.95. The third-order valence-corrected chi connectivity index (χ3v) is 7.42. The minimum atomic E-state index is 0.476. The Morgan fingerprint density at radius 2 is 2.03 bits per heavy atom. The van der Waals surface area contributed by atoms with Crippen molar-refractivity contribution < 1.29 is 4.74 Å². The van der Waals surface area contributed by atoms with Crippen LogP contribution in [0.4, 0.5) is 0 Å². The number of fused-ring (bicyclic) bond motifs is 2. The van der Waals surface area contributed by atoms with Gasteiger partial charge in [0.2, 0.25) is 5.88 Å². The molecule has 1 saturated heterocycles. The summed E-state index contributed by atoms with van der Waals surface area (Å²) in [4.78, 5) is 16.4. The Kier molecular flexibility index (Phi) is 5.64. The number of nitriles is 1. The zero-order valence-corrected chi connectivity index (χ0v) is 20.2. The molecule has 35 heavy (non-hydrogen) atoms. The van der Waals surface area contributed by atoms with Crippen LogP contribution in [0.15, 0.2) is 60.5 Å². The van der Waals surface area contributed by atoms with Gasteiger partial charge in [0, 0.05) is 23.6 Å². The summed E-state index contributed by atoms with van der Waals surface area (Å²) >= 11 is 1.62. The number of imidazole rings is 1. The Morgan fingerprint density at radius 1 is 1.17 bits per heavy atom. The molecule has 3 aromatic heterocycles. The molecule has 5 aromatic rings. The van der Waals surface area contributed by atoms with Crippen LogP contribution in [0.5, 0.6) is 5.88 Å². The Bertz CT molecular complexity index is 1550. The lowest BCUT2D eigenvalue weighted by molar-refractivity contribution is 0.148. The quantitative estimate of drug-likeness (QED) is 0.341. The fourth-order valence-corrected chi connectivity index (χ4v) is 5.51. The van der Waals surface area contributed by atoms with Crippen molar-refractivity contribution in [2.24, 2.45) is 5.92 Å². The topological polar surface area (TPSA) is 79.3 Å². The zero-order valence-electron chi connectivity index (χ0n) is 19.4. The molecular weight excluding hydrogens is 456 g/mol. The molecule has 1 fully saturated rings. The molecule has 4 heterocycles. The lowest BCUT2D eigenvalue weighted by Gasteiger charge is -2.29. The maximum Gasteiger partial charge on any atom is 0.240 e. The van der Waals surface area contributed by atoms with Gasteiger partial charge in [-0.1, -0.05) is 18.2 Å². The summed E-state index contributed by atoms with van der Waals surface area (Å²) < 4.78 is 9.55. The largest absolute Gasteiger partial charge is 0.476 e. The highest BCUT2D eigenvalue weighted by molar-refractivity contribution is 7.16. The molecule has 0 spiro atoms. The van der Waals surface area contributed by atoms with Crippen molar-refractivity contribution in [3.05, 3.63) is 66.1 Å². The second-order valence-electron chi connectivity index (χ2n) is 9.07. The molecule has 0 N–H and O–H groups in total. The van der Waals surface area contributed by atoms with Gasteiger partial charge in [-0.25, -0.2) is 15.0 Å². The molecular formula is C27H24N6OS. The highest BCUT2D eigenvalue weighted by Crippen LogP contribution is 2.36. The highest BCUT2D eigenvalue weighted by Gasteiger charge is 2.22. The van der Waals surface area contributed by atoms with Crippen molar-refractivity contribution in [3.63, 3.8) is 0 Å². The first-order valence-corrected chi connectivity index (χ1v) is 12.6. The number of likely N-dealkylation sites (tertiary alicyclic amines) is 1. The van der Waals surface area contributed by atoms with E-state index >= 15 is 0 Å². The summed E-state index contributed by atoms with van der Waals surface area (Å²) in [5.74, 6) is 1.05. The van der Waals surface area contributed by atoms with Gasteiger partial charge in [0.15, 0.2) is 0 Å². The van der Waals surface area contributed by atoms with E-state index in [0.29, 0.717) is 24.0 Å². The number of piperidine rings is 1. The van der Waals surface area contributed by atoms with E-state index in [-0.39, 0.29) is 0 Å². The Labute approximate surface area is 207 Å². The van der Waals surface area contributed by atoms with Gasteiger partial charge >= 0.3 is 0 Å². The maximum atomic E-state index is 9.27. The molecule has 0 bridgehead atoms. The van der Waals surface area contributed by atoms with Crippen LogP contribution in [0.2, 0.25) is 0 Å². The van der Waals surface area contributed by atoms with Crippen LogP contribution < -0.4 is 4.74 Å². The third-order valence-electron chi connectivity index (χ3n) is 6.61. The van der Waals surface area contributed by atoms with Crippen LogP contribution >= 0.6 is 11.3 Å². The lowest BCUT2D eigenvalue weighted by atomic mass is 10.00. The van der Waals surface area contributed by atoms with Crippen molar-refractivity contribution in [2.75, 3.05) is 26.7 Å². The van der Waals surface area contributed by atoms with Crippen LogP contribution in [-0.4, -0.2) is 51.0 Å². The standard InChI is InChI=1S/C27H24N6OS/c1-32-10-2-3-19(14-32)15-34-27-23-13-29-16-33(23)26(21-8-9-24-22(11-21)30-17-35-24)25(31-27)20-6-4-18(12-28)5-7-20/h4-9,11,13,16-17,19H,2-3,10,14-15H2,1H3. The molecule has 8 heteroatoms. The Hall–Kier alpha value is -3.80. The first-order valence-electron chi connectivity index (χ1n) is 11.7. The van der Waals surface area contributed by atoms with Gasteiger partial charge < -0.3 is 9.64 Å². The number of thiazole rings is 1. The summed E-state index contributed by atoms with van der Waals surface area (Å²) in [7, 11) is 2.16. The summed E-state index contributed by atoms with van der Waals surface area (Å²) in [5.41, 5.74) is 7.87. The minimum absolute atomic E-state index is 0.476. The SMILES string of the molecule is CN1CCCC(COc2nc(-c3ccc(C#N)cc3)c(-c3ccc4scnc4c3)n3cncc23)C1. The van der Waals surface area contributed by atoms with E-state index in [2.05, 4.69) is 50.6 Å². The third kappa shape index (κ3) is 4.14. The van der Waals surface area contributed by atoms with E-state index in [0.717, 1.165) is 57.8 Å². The molecule has 0 saturated carbocycles. The lowest BCUT2D eigenvalue weighted by Crippen LogP contribution is -2.34. The Balaban J connectivity index is 1.49. The molecule has 6 rings (SSSR count). The molecule has 1 unspecified atom stereocenters. The molecule has 1 aliphatic heterocycles. The van der Waals surface area contributed by atoms with E-state index in [1.165, 1.54) is 6.42 Å². The smallest absolute Gasteiger partial charge is 0.240 e. The van der Waals surface area contributed by atoms with Gasteiger partial charge in [-0.3, -0.25) is 4.40 Å². The predicted octanol–water partition coefficient (Wildman–Crippen LogP) is 5.27. The summed E-state index contributed by atoms with van der Waals surface area (Å²) in [5, 5.41) is 9.27. The number of benzene rings is 2. The number of ether oxygens (including phenoxy) is 1. The molecule has 174 valence electrons. The van der Waals surface area contributed by atoms with Crippen LogP contribution in [0.1, 0.15) is 18.4 Å². The number of nitrogens with zero attached hydrogens (tertiary/aromatic N) is 6. The van der Waals surface area contributed by atoms with Crippen LogP contribution in [0, 0.1) is 17.2 Å². The van der Waals surface area contributed by atoms with Gasteiger partial charge in [-0.15, -0.1) is 11.3 Å². The fraction of sp³-hybridized carbons (Fsp3) is 0.259. The van der Waals surface area contributed by atoms with Crippen molar-refractivity contribution in [3.8, 4) is 34.5 Å². The van der Waals surface area contributed by atoms with Gasteiger partial charge in [-0.2, -0.15) is 5.26 Å². The molecule has 0 radical (unpaired) electrons. The van der Waals surface area contributed by atoms with E-state index in [1.807, 2.05) is 42.3 Å². The van der Waals surface area contributed by atoms with E-state index < -0.39 is 0 Å². The average Bonchev–Trinajstić information content (AvgIpc) is 3.56. The summed E-state index contributed by atoms with van der Waals surface area (Å²) in [6, 6.07) is 16.0. The number of aromatic nitrogens is 4. The first-order chi connectivity index (χ1) is 17.2. The summed E-state index contributed by atoms with van der Waals surface area (Å²) in [6.45, 7) is 2.79. The van der Waals surface area contributed by atoms with E-state index in [9.17, 15) is 5.26 Å². The predicted molar refractivity (Wildman–Crippen MR) is 137 cm³/mol. The fourth-order valence-electron chi connectivity index (χ4n) is 4.85. The molecule has 0 aliphatic carbocycles. The van der Waals surface area contributed by atoms with Crippen LogP contribution in [-0.2, 0) is 0 Å². The highest BCUT2D eigenvalue weighted by atomic mass is 32.1. The van der Waals surface area contributed by atoms with Crippen molar-refractivity contribution in [1.82, 2.24) is 24.3 Å². The van der Waals surface area contributed by atoms with Crippen LogP contribution in [0.25, 0.3) is 38.2 Å². The maximum absolute atomic E-state index is 9.27. The molecule has 0 amide bonds. The van der Waals surface area contributed by atoms with E-state index in [1.54, 1.807) is 11.3 Å². The normalized spacial score (nSPS) is 16.5. The monoisotopic (exact) mass is 480 g/mol. The van der Waals surface area contributed by atoms with Crippen molar-refractivity contribution >= 4 is 27.1 Å².